The largest absolute Gasteiger partial charge is 0.469 e. The van der Waals surface area contributed by atoms with E-state index in [0.717, 1.165) is 5.01 Å². The fourth-order valence-electron chi connectivity index (χ4n) is 2.41. The van der Waals surface area contributed by atoms with Gasteiger partial charge in [-0.1, -0.05) is 0 Å². The molecule has 1 amide bonds. The van der Waals surface area contributed by atoms with Gasteiger partial charge in [0.15, 0.2) is 6.61 Å². The zero-order valence-electron chi connectivity index (χ0n) is 13.7. The maximum Gasteiger partial charge on any atom is 0.331 e. The summed E-state index contributed by atoms with van der Waals surface area (Å²) < 4.78 is 9.65. The minimum absolute atomic E-state index is 0.161. The van der Waals surface area contributed by atoms with Crippen LogP contribution in [0, 0.1) is 12.8 Å². The van der Waals surface area contributed by atoms with Crippen molar-refractivity contribution in [1.29, 1.82) is 0 Å². The molecule has 1 aliphatic heterocycles. The maximum atomic E-state index is 12.0. The number of hydrogen-bond acceptors (Lipinski definition) is 7. The first-order chi connectivity index (χ1) is 11.5. The molecule has 24 heavy (non-hydrogen) atoms. The minimum Gasteiger partial charge on any atom is -0.469 e. The lowest BCUT2D eigenvalue weighted by molar-refractivity contribution is -0.151. The Morgan fingerprint density at radius 1 is 1.38 bits per heavy atom. The van der Waals surface area contributed by atoms with Crippen molar-refractivity contribution < 1.29 is 23.9 Å². The summed E-state index contributed by atoms with van der Waals surface area (Å²) in [4.78, 5) is 40.9. The van der Waals surface area contributed by atoms with Crippen molar-refractivity contribution in [3.8, 4) is 0 Å². The predicted octanol–water partition coefficient (Wildman–Crippen LogP) is 1.42. The van der Waals surface area contributed by atoms with Crippen LogP contribution in [0.1, 0.15) is 23.5 Å². The first kappa shape index (κ1) is 18.1. The van der Waals surface area contributed by atoms with Crippen LogP contribution in [-0.2, 0) is 23.9 Å². The molecule has 0 aromatic carbocycles. The van der Waals surface area contributed by atoms with Gasteiger partial charge in [-0.25, -0.2) is 9.78 Å². The second-order valence-electron chi connectivity index (χ2n) is 5.41. The van der Waals surface area contributed by atoms with Gasteiger partial charge in [-0.05, 0) is 25.8 Å². The molecule has 1 saturated heterocycles. The number of esters is 2. The summed E-state index contributed by atoms with van der Waals surface area (Å²) in [6.45, 7) is 2.50. The number of ether oxygens (including phenoxy) is 2. The van der Waals surface area contributed by atoms with Crippen LogP contribution < -0.4 is 0 Å². The molecule has 0 unspecified atom stereocenters. The molecule has 0 atom stereocenters. The van der Waals surface area contributed by atoms with Gasteiger partial charge in [0.25, 0.3) is 5.91 Å². The Morgan fingerprint density at radius 2 is 2.08 bits per heavy atom. The van der Waals surface area contributed by atoms with E-state index >= 15 is 0 Å². The second kappa shape index (κ2) is 8.58. The Kier molecular flexibility index (Phi) is 6.48. The van der Waals surface area contributed by atoms with Crippen molar-refractivity contribution in [1.82, 2.24) is 9.88 Å². The van der Waals surface area contributed by atoms with E-state index in [4.69, 9.17) is 9.47 Å². The van der Waals surface area contributed by atoms with Crippen LogP contribution in [0.2, 0.25) is 0 Å². The second-order valence-corrected chi connectivity index (χ2v) is 6.47. The van der Waals surface area contributed by atoms with Crippen molar-refractivity contribution in [2.45, 2.75) is 19.8 Å². The first-order valence-corrected chi connectivity index (χ1v) is 8.50. The Balaban J connectivity index is 1.72. The molecule has 130 valence electrons. The van der Waals surface area contributed by atoms with E-state index < -0.39 is 5.97 Å². The fourth-order valence-corrected chi connectivity index (χ4v) is 2.99. The number of thiazole rings is 1. The highest BCUT2D eigenvalue weighted by Crippen LogP contribution is 2.18. The Bertz CT molecular complexity index is 632. The zero-order valence-corrected chi connectivity index (χ0v) is 14.5. The van der Waals surface area contributed by atoms with E-state index in [0.29, 0.717) is 31.6 Å². The molecule has 2 rings (SSSR count). The van der Waals surface area contributed by atoms with Gasteiger partial charge in [0.05, 0.1) is 23.7 Å². The van der Waals surface area contributed by atoms with Gasteiger partial charge in [0.2, 0.25) is 0 Å². The molecule has 0 saturated carbocycles. The van der Waals surface area contributed by atoms with Gasteiger partial charge in [0, 0.05) is 24.5 Å². The van der Waals surface area contributed by atoms with E-state index in [1.54, 1.807) is 11.0 Å². The molecule has 0 spiro atoms. The summed E-state index contributed by atoms with van der Waals surface area (Å²) in [5, 5.41) is 2.74. The highest BCUT2D eigenvalue weighted by molar-refractivity contribution is 7.09. The Morgan fingerprint density at radius 3 is 2.67 bits per heavy atom. The molecule has 8 heteroatoms. The van der Waals surface area contributed by atoms with Crippen LogP contribution in [0.25, 0.3) is 6.08 Å². The molecular formula is C16H20N2O5S. The number of methoxy groups -OCH3 is 1. The first-order valence-electron chi connectivity index (χ1n) is 7.62. The molecule has 2 heterocycles. The topological polar surface area (TPSA) is 85.8 Å². The van der Waals surface area contributed by atoms with Gasteiger partial charge < -0.3 is 14.4 Å². The number of amides is 1. The molecule has 1 aliphatic rings. The highest BCUT2D eigenvalue weighted by atomic mass is 32.1. The number of aryl methyl sites for hydroxylation is 1. The molecule has 0 N–H and O–H groups in total. The molecule has 1 aromatic rings. The van der Waals surface area contributed by atoms with Crippen molar-refractivity contribution in [2.24, 2.45) is 5.92 Å². The summed E-state index contributed by atoms with van der Waals surface area (Å²) in [6.07, 6.45) is 3.94. The molecule has 1 aromatic heterocycles. The number of aromatic nitrogens is 1. The van der Waals surface area contributed by atoms with Crippen LogP contribution in [0.4, 0.5) is 0 Å². The van der Waals surface area contributed by atoms with Crippen molar-refractivity contribution in [2.75, 3.05) is 26.8 Å². The normalized spacial score (nSPS) is 15.5. The van der Waals surface area contributed by atoms with Crippen LogP contribution >= 0.6 is 11.3 Å². The van der Waals surface area contributed by atoms with Crippen LogP contribution in [0.15, 0.2) is 11.5 Å². The van der Waals surface area contributed by atoms with Crippen LogP contribution in [0.5, 0.6) is 0 Å². The molecule has 0 bridgehead atoms. The summed E-state index contributed by atoms with van der Waals surface area (Å²) in [6, 6.07) is 0. The van der Waals surface area contributed by atoms with Gasteiger partial charge in [-0.3, -0.25) is 9.59 Å². The average molecular weight is 352 g/mol. The zero-order chi connectivity index (χ0) is 17.5. The Hall–Kier alpha value is -2.22. The fraction of sp³-hybridized carbons (Fsp3) is 0.500. The number of likely N-dealkylation sites (tertiary alicyclic amines) is 1. The van der Waals surface area contributed by atoms with Crippen molar-refractivity contribution in [3.63, 3.8) is 0 Å². The molecule has 0 radical (unpaired) electrons. The number of hydrogen-bond donors (Lipinski definition) is 0. The highest BCUT2D eigenvalue weighted by Gasteiger charge is 2.28. The smallest absolute Gasteiger partial charge is 0.331 e. The molecular weight excluding hydrogens is 332 g/mol. The third kappa shape index (κ3) is 5.16. The number of rotatable bonds is 5. The Labute approximate surface area is 144 Å². The summed E-state index contributed by atoms with van der Waals surface area (Å²) >= 11 is 1.49. The van der Waals surface area contributed by atoms with Gasteiger partial charge >= 0.3 is 11.9 Å². The van der Waals surface area contributed by atoms with Gasteiger partial charge in [0.1, 0.15) is 0 Å². The van der Waals surface area contributed by atoms with E-state index in [2.05, 4.69) is 4.98 Å². The molecule has 7 nitrogen and oxygen atoms in total. The lowest BCUT2D eigenvalue weighted by Crippen LogP contribution is -2.42. The minimum atomic E-state index is -0.585. The third-order valence-electron chi connectivity index (χ3n) is 3.75. The predicted molar refractivity (Wildman–Crippen MR) is 88.2 cm³/mol. The van der Waals surface area contributed by atoms with E-state index in [1.165, 1.54) is 24.5 Å². The number of nitrogens with zero attached hydrogens (tertiary/aromatic N) is 2. The maximum absolute atomic E-state index is 12.0. The summed E-state index contributed by atoms with van der Waals surface area (Å²) in [5.41, 5.74) is 0.686. The lowest BCUT2D eigenvalue weighted by Gasteiger charge is -2.30. The van der Waals surface area contributed by atoms with Crippen LogP contribution in [-0.4, -0.2) is 54.5 Å². The standard InChI is InChI=1S/C16H20N2O5S/c1-11-17-13(10-24-11)3-4-15(20)23-9-14(19)18-7-5-12(6-8-18)16(21)22-2/h3-4,10,12H,5-9H2,1-2H3/b4-3+. The molecule has 1 fully saturated rings. The summed E-state index contributed by atoms with van der Waals surface area (Å²) in [7, 11) is 1.36. The van der Waals surface area contributed by atoms with E-state index in [1.807, 2.05) is 12.3 Å². The average Bonchev–Trinajstić information content (AvgIpc) is 3.02. The number of carbonyl (C=O) groups excluding carboxylic acids is 3. The van der Waals surface area contributed by atoms with Gasteiger partial charge in [-0.15, -0.1) is 11.3 Å². The van der Waals surface area contributed by atoms with Crippen molar-refractivity contribution >= 4 is 35.3 Å². The van der Waals surface area contributed by atoms with Gasteiger partial charge in [-0.2, -0.15) is 0 Å². The molecule has 0 aliphatic carbocycles. The number of piperidine rings is 1. The summed E-state index contributed by atoms with van der Waals surface area (Å²) in [5.74, 6) is -1.25. The quantitative estimate of drug-likeness (QED) is 0.588. The van der Waals surface area contributed by atoms with Crippen molar-refractivity contribution in [3.05, 3.63) is 22.2 Å². The van der Waals surface area contributed by atoms with Crippen LogP contribution in [0.3, 0.4) is 0 Å². The van der Waals surface area contributed by atoms with E-state index in [-0.39, 0.29) is 24.4 Å². The third-order valence-corrected chi connectivity index (χ3v) is 4.54. The number of carbonyl (C=O) groups is 3. The SMILES string of the molecule is COC(=O)C1CCN(C(=O)COC(=O)/C=C/c2csc(C)n2)CC1. The lowest BCUT2D eigenvalue weighted by atomic mass is 9.97. The monoisotopic (exact) mass is 352 g/mol. The van der Waals surface area contributed by atoms with E-state index in [9.17, 15) is 14.4 Å².